The van der Waals surface area contributed by atoms with Gasteiger partial charge in [0, 0.05) is 35.3 Å². The first-order chi connectivity index (χ1) is 14.4. The second kappa shape index (κ2) is 8.50. The predicted octanol–water partition coefficient (Wildman–Crippen LogP) is 1.92. The van der Waals surface area contributed by atoms with Crippen LogP contribution in [0.2, 0.25) is 0 Å². The van der Waals surface area contributed by atoms with Gasteiger partial charge in [-0.05, 0) is 47.6 Å². The number of amides is 1. The molecule has 1 atom stereocenters. The monoisotopic (exact) mass is 522 g/mol. The summed E-state index contributed by atoms with van der Waals surface area (Å²) in [6.45, 7) is 1.55. The van der Waals surface area contributed by atoms with Crippen molar-refractivity contribution in [2.75, 3.05) is 36.3 Å². The molecule has 0 saturated carbocycles. The van der Waals surface area contributed by atoms with Crippen LogP contribution in [0.5, 0.6) is 5.75 Å². The molecule has 11 heteroatoms. The minimum atomic E-state index is -0.147. The van der Waals surface area contributed by atoms with E-state index in [1.165, 1.54) is 0 Å². The molecule has 0 bridgehead atoms. The lowest BCUT2D eigenvalue weighted by Crippen LogP contribution is -2.44. The SMILES string of the molecule is COc1cc(I)cc2c(NNC(=O)C3CCCN(c4cnn(C)c4)C3)nc(N)nc12. The minimum Gasteiger partial charge on any atom is -0.494 e. The molecule has 2 aromatic heterocycles. The number of aromatic nitrogens is 4. The van der Waals surface area contributed by atoms with E-state index in [1.807, 2.05) is 31.6 Å². The molecular formula is C19H23IN8O2. The Bertz CT molecular complexity index is 1090. The van der Waals surface area contributed by atoms with Crippen molar-refractivity contribution >= 4 is 56.9 Å². The average molecular weight is 522 g/mol. The van der Waals surface area contributed by atoms with Gasteiger partial charge < -0.3 is 15.4 Å². The molecule has 1 aliphatic heterocycles. The van der Waals surface area contributed by atoms with E-state index >= 15 is 0 Å². The molecule has 30 heavy (non-hydrogen) atoms. The summed E-state index contributed by atoms with van der Waals surface area (Å²) >= 11 is 2.19. The number of benzene rings is 1. The van der Waals surface area contributed by atoms with E-state index in [0.29, 0.717) is 29.0 Å². The molecule has 3 heterocycles. The fourth-order valence-electron chi connectivity index (χ4n) is 3.66. The molecule has 0 spiro atoms. The zero-order valence-corrected chi connectivity index (χ0v) is 18.9. The van der Waals surface area contributed by atoms with Crippen molar-refractivity contribution in [3.8, 4) is 5.75 Å². The minimum absolute atomic E-state index is 0.0912. The van der Waals surface area contributed by atoms with Crippen LogP contribution >= 0.6 is 22.6 Å². The molecule has 0 radical (unpaired) electrons. The molecule has 1 unspecified atom stereocenters. The maximum atomic E-state index is 12.8. The van der Waals surface area contributed by atoms with Crippen LogP contribution in [0, 0.1) is 9.49 Å². The number of carbonyl (C=O) groups is 1. The van der Waals surface area contributed by atoms with E-state index in [2.05, 4.69) is 53.4 Å². The lowest BCUT2D eigenvalue weighted by molar-refractivity contribution is -0.124. The van der Waals surface area contributed by atoms with Crippen molar-refractivity contribution in [3.05, 3.63) is 28.1 Å². The summed E-state index contributed by atoms with van der Waals surface area (Å²) in [4.78, 5) is 23.6. The third-order valence-corrected chi connectivity index (χ3v) is 5.74. The van der Waals surface area contributed by atoms with Crippen molar-refractivity contribution in [1.29, 1.82) is 0 Å². The summed E-state index contributed by atoms with van der Waals surface area (Å²) in [5, 5.41) is 4.94. The molecule has 10 nitrogen and oxygen atoms in total. The van der Waals surface area contributed by atoms with E-state index in [-0.39, 0.29) is 17.8 Å². The van der Waals surface area contributed by atoms with Crippen LogP contribution in [0.3, 0.4) is 0 Å². The number of aryl methyl sites for hydroxylation is 1. The fraction of sp³-hybridized carbons (Fsp3) is 0.368. The fourth-order valence-corrected chi connectivity index (χ4v) is 4.25. The van der Waals surface area contributed by atoms with E-state index in [0.717, 1.165) is 28.6 Å². The number of halogens is 1. The normalized spacial score (nSPS) is 16.5. The van der Waals surface area contributed by atoms with Gasteiger partial charge in [0.2, 0.25) is 11.9 Å². The largest absolute Gasteiger partial charge is 0.494 e. The van der Waals surface area contributed by atoms with Crippen LogP contribution in [-0.2, 0) is 11.8 Å². The summed E-state index contributed by atoms with van der Waals surface area (Å²) in [6.07, 6.45) is 5.54. The maximum Gasteiger partial charge on any atom is 0.243 e. The van der Waals surface area contributed by atoms with E-state index in [9.17, 15) is 4.79 Å². The van der Waals surface area contributed by atoms with E-state index < -0.39 is 0 Å². The van der Waals surface area contributed by atoms with E-state index in [4.69, 9.17) is 10.5 Å². The molecule has 4 N–H and O–H groups in total. The number of ether oxygens (including phenoxy) is 1. The van der Waals surface area contributed by atoms with Gasteiger partial charge in [0.1, 0.15) is 11.3 Å². The van der Waals surface area contributed by atoms with Crippen molar-refractivity contribution in [1.82, 2.24) is 25.2 Å². The Morgan fingerprint density at radius 2 is 2.20 bits per heavy atom. The molecule has 1 fully saturated rings. The molecule has 158 valence electrons. The first-order valence-electron chi connectivity index (χ1n) is 9.55. The van der Waals surface area contributed by atoms with Gasteiger partial charge in [-0.15, -0.1) is 0 Å². The summed E-state index contributed by atoms with van der Waals surface area (Å²) in [5.41, 5.74) is 13.2. The number of carbonyl (C=O) groups excluding carboxylic acids is 1. The standard InChI is InChI=1S/C19H23IN8O2/c1-27-10-13(8-22-27)28-5-3-4-11(9-28)18(29)26-25-17-14-6-12(20)7-15(30-2)16(14)23-19(21)24-17/h6-8,10-11H,3-5,9H2,1-2H3,(H,26,29)(H3,21,23,24,25). The Hall–Kier alpha value is -2.83. The molecule has 1 amide bonds. The number of rotatable bonds is 5. The number of nitrogen functional groups attached to an aromatic ring is 1. The molecule has 1 aromatic carbocycles. The highest BCUT2D eigenvalue weighted by Crippen LogP contribution is 2.31. The van der Waals surface area contributed by atoms with E-state index in [1.54, 1.807) is 11.8 Å². The molecule has 3 aromatic rings. The van der Waals surface area contributed by atoms with Crippen LogP contribution in [-0.4, -0.2) is 45.9 Å². The highest BCUT2D eigenvalue weighted by Gasteiger charge is 2.27. The highest BCUT2D eigenvalue weighted by molar-refractivity contribution is 14.1. The number of piperidine rings is 1. The van der Waals surface area contributed by atoms with Crippen LogP contribution in [0.25, 0.3) is 10.9 Å². The number of fused-ring (bicyclic) bond motifs is 1. The smallest absolute Gasteiger partial charge is 0.243 e. The van der Waals surface area contributed by atoms with Crippen LogP contribution in [0.1, 0.15) is 12.8 Å². The van der Waals surface area contributed by atoms with Gasteiger partial charge in [0.15, 0.2) is 5.82 Å². The van der Waals surface area contributed by atoms with Crippen molar-refractivity contribution in [3.63, 3.8) is 0 Å². The van der Waals surface area contributed by atoms with Gasteiger partial charge in [-0.25, -0.2) is 4.98 Å². The Labute approximate surface area is 187 Å². The topological polar surface area (TPSA) is 123 Å². The maximum absolute atomic E-state index is 12.8. The number of hydrazine groups is 1. The molecular weight excluding hydrogens is 499 g/mol. The Balaban J connectivity index is 1.50. The van der Waals surface area contributed by atoms with Crippen molar-refractivity contribution in [2.45, 2.75) is 12.8 Å². The summed E-state index contributed by atoms with van der Waals surface area (Å²) < 4.78 is 8.14. The van der Waals surface area contributed by atoms with Crippen molar-refractivity contribution in [2.24, 2.45) is 13.0 Å². The van der Waals surface area contributed by atoms with Crippen LogP contribution in [0.4, 0.5) is 17.5 Å². The lowest BCUT2D eigenvalue weighted by Gasteiger charge is -2.32. The van der Waals surface area contributed by atoms with Crippen molar-refractivity contribution < 1.29 is 9.53 Å². The molecule has 4 rings (SSSR count). The molecule has 0 aliphatic carbocycles. The number of nitrogens with two attached hydrogens (primary N) is 1. The second-order valence-electron chi connectivity index (χ2n) is 7.21. The summed E-state index contributed by atoms with van der Waals surface area (Å²) in [6, 6.07) is 3.78. The summed E-state index contributed by atoms with van der Waals surface area (Å²) in [5.74, 6) is 0.889. The molecule has 1 aliphatic rings. The number of hydrogen-bond acceptors (Lipinski definition) is 8. The predicted molar refractivity (Wildman–Crippen MR) is 123 cm³/mol. The number of nitrogens with zero attached hydrogens (tertiary/aromatic N) is 5. The number of nitrogens with one attached hydrogen (secondary N) is 2. The Morgan fingerprint density at radius 3 is 2.93 bits per heavy atom. The summed E-state index contributed by atoms with van der Waals surface area (Å²) in [7, 11) is 3.46. The quantitative estimate of drug-likeness (QED) is 0.343. The zero-order valence-electron chi connectivity index (χ0n) is 16.7. The van der Waals surface area contributed by atoms with Gasteiger partial charge in [0.05, 0.1) is 24.9 Å². The zero-order chi connectivity index (χ0) is 21.3. The van der Waals surface area contributed by atoms with Gasteiger partial charge in [0.25, 0.3) is 0 Å². The highest BCUT2D eigenvalue weighted by atomic mass is 127. The first kappa shape index (κ1) is 20.4. The van der Waals surface area contributed by atoms with Crippen LogP contribution in [0.15, 0.2) is 24.5 Å². The first-order valence-corrected chi connectivity index (χ1v) is 10.6. The van der Waals surface area contributed by atoms with Gasteiger partial charge in [-0.1, -0.05) is 0 Å². The van der Waals surface area contributed by atoms with Crippen LogP contribution < -0.4 is 26.2 Å². The van der Waals surface area contributed by atoms with Gasteiger partial charge in [-0.2, -0.15) is 10.1 Å². The van der Waals surface area contributed by atoms with Gasteiger partial charge in [-0.3, -0.25) is 20.3 Å². The van der Waals surface area contributed by atoms with Gasteiger partial charge >= 0.3 is 0 Å². The Kier molecular flexibility index (Phi) is 5.79. The Morgan fingerprint density at radius 1 is 1.37 bits per heavy atom. The molecule has 1 saturated heterocycles. The third-order valence-electron chi connectivity index (χ3n) is 5.12. The third kappa shape index (κ3) is 4.20. The number of methoxy groups -OCH3 is 1. The average Bonchev–Trinajstić information content (AvgIpc) is 3.18. The number of hydrogen-bond donors (Lipinski definition) is 3. The number of anilines is 3. The lowest BCUT2D eigenvalue weighted by atomic mass is 9.97. The second-order valence-corrected chi connectivity index (χ2v) is 8.45.